The van der Waals surface area contributed by atoms with Crippen LogP contribution in [0.5, 0.6) is 0 Å². The summed E-state index contributed by atoms with van der Waals surface area (Å²) >= 11 is 0. The largest absolute Gasteiger partial charge is 0.349 e. The molecule has 3 aliphatic rings. The minimum absolute atomic E-state index is 0.0270. The Morgan fingerprint density at radius 3 is 2.08 bits per heavy atom. The van der Waals surface area contributed by atoms with Crippen LogP contribution in [0.1, 0.15) is 69.0 Å². The topological polar surface area (TPSA) is 73.0 Å². The molecule has 0 radical (unpaired) electrons. The van der Waals surface area contributed by atoms with Crippen molar-refractivity contribution in [2.75, 3.05) is 32.7 Å². The summed E-state index contributed by atoms with van der Waals surface area (Å²) in [6.45, 7) is 5.34. The van der Waals surface area contributed by atoms with Gasteiger partial charge in [-0.2, -0.15) is 0 Å². The monoisotopic (exact) mass is 516 g/mol. The van der Waals surface area contributed by atoms with Gasteiger partial charge in [-0.05, 0) is 56.6 Å². The van der Waals surface area contributed by atoms with Crippen molar-refractivity contribution in [3.8, 4) is 0 Å². The van der Waals surface area contributed by atoms with Gasteiger partial charge in [0.1, 0.15) is 0 Å². The standard InChI is InChI=1S/C31H40N4O3/c1-24(25-10-4-2-5-11-25)32-29(37)31(26-12-6-3-7-13-26)17-22-34(23-18-31)30(38)33-20-15-27(16-21-33)35-19-9-8-14-28(35)36/h2-7,10-13,24,27H,8-9,14-23H2,1H3,(H,32,37)/t24-/m0/s1. The fraction of sp³-hybridized carbons (Fsp3) is 0.516. The first-order valence-corrected chi connectivity index (χ1v) is 14.2. The van der Waals surface area contributed by atoms with Gasteiger partial charge in [0, 0.05) is 45.2 Å². The van der Waals surface area contributed by atoms with Crippen LogP contribution in [-0.2, 0) is 15.0 Å². The Morgan fingerprint density at radius 2 is 1.45 bits per heavy atom. The number of nitrogens with one attached hydrogen (secondary N) is 1. The van der Waals surface area contributed by atoms with Crippen molar-refractivity contribution in [1.29, 1.82) is 0 Å². The molecule has 38 heavy (non-hydrogen) atoms. The molecule has 0 bridgehead atoms. The molecule has 2 aromatic rings. The van der Waals surface area contributed by atoms with E-state index in [1.165, 1.54) is 0 Å². The number of carbonyl (C=O) groups is 3. The predicted octanol–water partition coefficient (Wildman–Crippen LogP) is 4.49. The third-order valence-electron chi connectivity index (χ3n) is 8.83. The molecule has 7 heteroatoms. The highest BCUT2D eigenvalue weighted by atomic mass is 16.2. The molecule has 7 nitrogen and oxygen atoms in total. The van der Waals surface area contributed by atoms with E-state index in [0.717, 1.165) is 43.4 Å². The van der Waals surface area contributed by atoms with E-state index in [1.54, 1.807) is 0 Å². The number of rotatable bonds is 5. The average molecular weight is 517 g/mol. The maximum absolute atomic E-state index is 13.8. The number of hydrogen-bond donors (Lipinski definition) is 1. The second-order valence-corrected chi connectivity index (χ2v) is 11.1. The Hall–Kier alpha value is -3.35. The minimum atomic E-state index is -0.664. The van der Waals surface area contributed by atoms with E-state index in [4.69, 9.17) is 0 Å². The van der Waals surface area contributed by atoms with Crippen LogP contribution in [0.4, 0.5) is 4.79 Å². The Balaban J connectivity index is 1.22. The van der Waals surface area contributed by atoms with Gasteiger partial charge in [0.05, 0.1) is 11.5 Å². The lowest BCUT2D eigenvalue weighted by Crippen LogP contribution is -2.57. The summed E-state index contributed by atoms with van der Waals surface area (Å²) in [7, 11) is 0. The summed E-state index contributed by atoms with van der Waals surface area (Å²) in [4.78, 5) is 45.5. The van der Waals surface area contributed by atoms with E-state index in [0.29, 0.717) is 45.4 Å². The summed E-state index contributed by atoms with van der Waals surface area (Å²) in [5, 5.41) is 3.27. The Kier molecular flexibility index (Phi) is 8.01. The van der Waals surface area contributed by atoms with Crippen LogP contribution in [0.3, 0.4) is 0 Å². The Labute approximate surface area is 226 Å². The highest BCUT2D eigenvalue weighted by molar-refractivity contribution is 5.89. The van der Waals surface area contributed by atoms with Crippen molar-refractivity contribution in [2.45, 2.75) is 69.4 Å². The highest BCUT2D eigenvalue weighted by Crippen LogP contribution is 2.37. The molecular formula is C31H40N4O3. The second-order valence-electron chi connectivity index (χ2n) is 11.1. The molecule has 3 heterocycles. The van der Waals surface area contributed by atoms with Crippen molar-refractivity contribution in [3.05, 3.63) is 71.8 Å². The predicted molar refractivity (Wildman–Crippen MR) is 147 cm³/mol. The number of piperidine rings is 3. The van der Waals surface area contributed by atoms with Crippen LogP contribution in [0, 0.1) is 0 Å². The molecule has 0 spiro atoms. The van der Waals surface area contributed by atoms with E-state index in [9.17, 15) is 14.4 Å². The molecule has 0 aliphatic carbocycles. The van der Waals surface area contributed by atoms with Crippen LogP contribution in [0.25, 0.3) is 0 Å². The molecule has 1 atom stereocenters. The average Bonchev–Trinajstić information content (AvgIpc) is 2.98. The van der Waals surface area contributed by atoms with Crippen molar-refractivity contribution < 1.29 is 14.4 Å². The van der Waals surface area contributed by atoms with E-state index < -0.39 is 5.41 Å². The Bertz CT molecular complexity index is 1110. The Morgan fingerprint density at radius 1 is 0.842 bits per heavy atom. The second kappa shape index (κ2) is 11.6. The van der Waals surface area contributed by atoms with E-state index in [2.05, 4.69) is 10.2 Å². The number of nitrogens with zero attached hydrogens (tertiary/aromatic N) is 3. The van der Waals surface area contributed by atoms with Gasteiger partial charge < -0.3 is 20.0 Å². The van der Waals surface area contributed by atoms with Gasteiger partial charge in [0.15, 0.2) is 0 Å². The van der Waals surface area contributed by atoms with Gasteiger partial charge in [-0.3, -0.25) is 9.59 Å². The van der Waals surface area contributed by atoms with Crippen LogP contribution in [0.2, 0.25) is 0 Å². The molecule has 4 amide bonds. The summed E-state index contributed by atoms with van der Waals surface area (Å²) in [6.07, 6.45) is 5.62. The first kappa shape index (κ1) is 26.3. The molecular weight excluding hydrogens is 476 g/mol. The van der Waals surface area contributed by atoms with E-state index in [-0.39, 0.29) is 29.9 Å². The molecule has 202 valence electrons. The smallest absolute Gasteiger partial charge is 0.320 e. The summed E-state index contributed by atoms with van der Waals surface area (Å²) in [6, 6.07) is 20.3. The van der Waals surface area contributed by atoms with Crippen molar-refractivity contribution >= 4 is 17.8 Å². The molecule has 0 aromatic heterocycles. The minimum Gasteiger partial charge on any atom is -0.349 e. The lowest BCUT2D eigenvalue weighted by Gasteiger charge is -2.44. The SMILES string of the molecule is C[C@H](NC(=O)C1(c2ccccc2)CCN(C(=O)N2CCC(N3CCCCC3=O)CC2)CC1)c1ccccc1. The third-order valence-corrected chi connectivity index (χ3v) is 8.83. The molecule has 1 N–H and O–H groups in total. The zero-order chi connectivity index (χ0) is 26.5. The van der Waals surface area contributed by atoms with Gasteiger partial charge in [0.2, 0.25) is 11.8 Å². The van der Waals surface area contributed by atoms with Gasteiger partial charge in [-0.25, -0.2) is 4.79 Å². The summed E-state index contributed by atoms with van der Waals surface area (Å²) in [5.41, 5.74) is 1.42. The number of carbonyl (C=O) groups excluding carboxylic acids is 3. The molecule has 0 unspecified atom stereocenters. The molecule has 5 rings (SSSR count). The summed E-state index contributed by atoms with van der Waals surface area (Å²) in [5.74, 6) is 0.299. The number of urea groups is 1. The van der Waals surface area contributed by atoms with Gasteiger partial charge >= 0.3 is 6.03 Å². The van der Waals surface area contributed by atoms with E-state index in [1.807, 2.05) is 77.4 Å². The number of amides is 4. The first-order chi connectivity index (χ1) is 18.5. The molecule has 0 saturated carbocycles. The lowest BCUT2D eigenvalue weighted by molar-refractivity contribution is -0.136. The van der Waals surface area contributed by atoms with Crippen molar-refractivity contribution in [2.24, 2.45) is 0 Å². The van der Waals surface area contributed by atoms with E-state index >= 15 is 0 Å². The van der Waals surface area contributed by atoms with Gasteiger partial charge in [-0.1, -0.05) is 60.7 Å². The lowest BCUT2D eigenvalue weighted by atomic mass is 9.71. The number of benzene rings is 2. The zero-order valence-electron chi connectivity index (χ0n) is 22.5. The molecule has 3 fully saturated rings. The van der Waals surface area contributed by atoms with Crippen molar-refractivity contribution in [3.63, 3.8) is 0 Å². The van der Waals surface area contributed by atoms with Crippen molar-refractivity contribution in [1.82, 2.24) is 20.0 Å². The van der Waals surface area contributed by atoms with Crippen LogP contribution < -0.4 is 5.32 Å². The quantitative estimate of drug-likeness (QED) is 0.636. The van der Waals surface area contributed by atoms with Gasteiger partial charge in [0.25, 0.3) is 0 Å². The fourth-order valence-electron chi connectivity index (χ4n) is 6.43. The number of likely N-dealkylation sites (tertiary alicyclic amines) is 3. The normalized spacial score (nSPS) is 21.2. The molecule has 3 saturated heterocycles. The van der Waals surface area contributed by atoms with Crippen LogP contribution >= 0.6 is 0 Å². The van der Waals surface area contributed by atoms with Crippen LogP contribution in [-0.4, -0.2) is 71.3 Å². The number of hydrogen-bond acceptors (Lipinski definition) is 3. The maximum atomic E-state index is 13.8. The van der Waals surface area contributed by atoms with Gasteiger partial charge in [-0.15, -0.1) is 0 Å². The molecule has 3 aliphatic heterocycles. The maximum Gasteiger partial charge on any atom is 0.320 e. The molecule has 2 aromatic carbocycles. The summed E-state index contributed by atoms with van der Waals surface area (Å²) < 4.78 is 0. The zero-order valence-corrected chi connectivity index (χ0v) is 22.5. The highest BCUT2D eigenvalue weighted by Gasteiger charge is 2.45. The fourth-order valence-corrected chi connectivity index (χ4v) is 6.43. The first-order valence-electron chi connectivity index (χ1n) is 14.2. The van der Waals surface area contributed by atoms with Crippen LogP contribution in [0.15, 0.2) is 60.7 Å². The third kappa shape index (κ3) is 5.42.